The van der Waals surface area contributed by atoms with Gasteiger partial charge in [-0.2, -0.15) is 0 Å². The lowest BCUT2D eigenvalue weighted by atomic mass is 10.2. The highest BCUT2D eigenvalue weighted by Crippen LogP contribution is 2.23. The average molecular weight is 206 g/mol. The van der Waals surface area contributed by atoms with E-state index in [9.17, 15) is 0 Å². The quantitative estimate of drug-likeness (QED) is 0.823. The summed E-state index contributed by atoms with van der Waals surface area (Å²) >= 11 is 0. The van der Waals surface area contributed by atoms with Crippen LogP contribution < -0.4 is 0 Å². The summed E-state index contributed by atoms with van der Waals surface area (Å²) < 4.78 is 0. The van der Waals surface area contributed by atoms with Gasteiger partial charge in [0.05, 0.1) is 11.9 Å². The lowest BCUT2D eigenvalue weighted by Gasteiger charge is -2.23. The van der Waals surface area contributed by atoms with Crippen LogP contribution in [0.1, 0.15) is 31.4 Å². The van der Waals surface area contributed by atoms with Crippen LogP contribution in [-0.2, 0) is 6.54 Å². The van der Waals surface area contributed by atoms with Crippen molar-refractivity contribution in [2.45, 2.75) is 38.3 Å². The monoisotopic (exact) mass is 206 g/mol. The van der Waals surface area contributed by atoms with Gasteiger partial charge in [0.15, 0.2) is 0 Å². The van der Waals surface area contributed by atoms with Gasteiger partial charge in [0.25, 0.3) is 0 Å². The van der Waals surface area contributed by atoms with Crippen molar-refractivity contribution in [3.8, 4) is 5.75 Å². The SMILES string of the molecule is CN(Cc1ccc(O)cn1)C1CCCC1. The number of nitrogens with zero attached hydrogens (tertiary/aromatic N) is 2. The maximum Gasteiger partial charge on any atom is 0.133 e. The Morgan fingerprint density at radius 1 is 1.40 bits per heavy atom. The summed E-state index contributed by atoms with van der Waals surface area (Å²) in [7, 11) is 2.16. The Bertz CT molecular complexity index is 304. The van der Waals surface area contributed by atoms with E-state index in [2.05, 4.69) is 16.9 Å². The molecule has 0 unspecified atom stereocenters. The van der Waals surface area contributed by atoms with E-state index in [1.807, 2.05) is 6.07 Å². The van der Waals surface area contributed by atoms with Gasteiger partial charge in [0.1, 0.15) is 5.75 Å². The van der Waals surface area contributed by atoms with Gasteiger partial charge in [-0.1, -0.05) is 12.8 Å². The van der Waals surface area contributed by atoms with E-state index in [4.69, 9.17) is 5.11 Å². The second-order valence-electron chi connectivity index (χ2n) is 4.36. The van der Waals surface area contributed by atoms with E-state index in [0.29, 0.717) is 0 Å². The molecule has 0 amide bonds. The molecule has 1 aromatic heterocycles. The summed E-state index contributed by atoms with van der Waals surface area (Å²) in [5, 5.41) is 9.13. The molecule has 1 fully saturated rings. The van der Waals surface area contributed by atoms with Crippen LogP contribution in [0, 0.1) is 0 Å². The fourth-order valence-corrected chi connectivity index (χ4v) is 2.24. The molecule has 1 N–H and O–H groups in total. The molecule has 15 heavy (non-hydrogen) atoms. The Balaban J connectivity index is 1.92. The molecule has 3 heteroatoms. The van der Waals surface area contributed by atoms with Crippen LogP contribution in [0.3, 0.4) is 0 Å². The number of hydrogen-bond acceptors (Lipinski definition) is 3. The second-order valence-corrected chi connectivity index (χ2v) is 4.36. The molecule has 82 valence electrons. The fraction of sp³-hybridized carbons (Fsp3) is 0.583. The van der Waals surface area contributed by atoms with Gasteiger partial charge in [0.2, 0.25) is 0 Å². The molecular formula is C12H18N2O. The van der Waals surface area contributed by atoms with Crippen molar-refractivity contribution in [2.24, 2.45) is 0 Å². The predicted octanol–water partition coefficient (Wildman–Crippen LogP) is 2.16. The first-order chi connectivity index (χ1) is 7.25. The molecule has 1 aliphatic carbocycles. The van der Waals surface area contributed by atoms with Crippen molar-refractivity contribution < 1.29 is 5.11 Å². The molecule has 0 bridgehead atoms. The van der Waals surface area contributed by atoms with E-state index in [1.165, 1.54) is 31.9 Å². The van der Waals surface area contributed by atoms with Crippen molar-refractivity contribution in [1.82, 2.24) is 9.88 Å². The largest absolute Gasteiger partial charge is 0.506 e. The number of hydrogen-bond donors (Lipinski definition) is 1. The summed E-state index contributed by atoms with van der Waals surface area (Å²) in [4.78, 5) is 6.57. The Hall–Kier alpha value is -1.09. The zero-order valence-corrected chi connectivity index (χ0v) is 9.19. The van der Waals surface area contributed by atoms with Gasteiger partial charge in [-0.05, 0) is 32.0 Å². The minimum Gasteiger partial charge on any atom is -0.506 e. The molecule has 2 rings (SSSR count). The van der Waals surface area contributed by atoms with E-state index in [0.717, 1.165) is 18.3 Å². The Kier molecular flexibility index (Phi) is 3.21. The molecule has 1 aromatic rings. The van der Waals surface area contributed by atoms with Crippen molar-refractivity contribution in [3.05, 3.63) is 24.0 Å². The van der Waals surface area contributed by atoms with Crippen molar-refractivity contribution >= 4 is 0 Å². The maximum atomic E-state index is 9.13. The summed E-state index contributed by atoms with van der Waals surface area (Å²) in [5.74, 6) is 0.238. The number of aromatic hydroxyl groups is 1. The highest BCUT2D eigenvalue weighted by molar-refractivity contribution is 5.17. The normalized spacial score (nSPS) is 17.5. The molecule has 0 aliphatic heterocycles. The third kappa shape index (κ3) is 2.69. The topological polar surface area (TPSA) is 36.4 Å². The summed E-state index contributed by atoms with van der Waals surface area (Å²) in [6.45, 7) is 0.880. The third-order valence-corrected chi connectivity index (χ3v) is 3.17. The van der Waals surface area contributed by atoms with E-state index < -0.39 is 0 Å². The zero-order valence-electron chi connectivity index (χ0n) is 9.19. The molecule has 0 radical (unpaired) electrons. The first-order valence-corrected chi connectivity index (χ1v) is 5.60. The molecule has 1 aliphatic rings. The minimum atomic E-state index is 0.238. The van der Waals surface area contributed by atoms with Gasteiger partial charge in [0, 0.05) is 12.6 Å². The summed E-state index contributed by atoms with van der Waals surface area (Å²) in [6, 6.07) is 4.31. The van der Waals surface area contributed by atoms with E-state index in [-0.39, 0.29) is 5.75 Å². The summed E-state index contributed by atoms with van der Waals surface area (Å²) in [6.07, 6.45) is 6.86. The first kappa shape index (κ1) is 10.4. The van der Waals surface area contributed by atoms with Crippen LogP contribution in [0.4, 0.5) is 0 Å². The maximum absolute atomic E-state index is 9.13. The number of rotatable bonds is 3. The van der Waals surface area contributed by atoms with Crippen LogP contribution in [0.5, 0.6) is 5.75 Å². The molecule has 3 nitrogen and oxygen atoms in total. The van der Waals surface area contributed by atoms with Crippen molar-refractivity contribution in [2.75, 3.05) is 7.05 Å². The minimum absolute atomic E-state index is 0.238. The van der Waals surface area contributed by atoms with Crippen LogP contribution in [-0.4, -0.2) is 28.1 Å². The standard InChI is InChI=1S/C12H18N2O/c1-14(11-4-2-3-5-11)9-10-6-7-12(15)8-13-10/h6-8,11,15H,2-5,9H2,1H3. The zero-order chi connectivity index (χ0) is 10.7. The Labute approximate surface area is 90.8 Å². The fourth-order valence-electron chi connectivity index (χ4n) is 2.24. The smallest absolute Gasteiger partial charge is 0.133 e. The van der Waals surface area contributed by atoms with E-state index in [1.54, 1.807) is 6.07 Å². The third-order valence-electron chi connectivity index (χ3n) is 3.17. The van der Waals surface area contributed by atoms with Gasteiger partial charge in [-0.15, -0.1) is 0 Å². The lowest BCUT2D eigenvalue weighted by Crippen LogP contribution is -2.28. The van der Waals surface area contributed by atoms with Crippen LogP contribution in [0.25, 0.3) is 0 Å². The molecule has 0 aromatic carbocycles. The Morgan fingerprint density at radius 2 is 2.13 bits per heavy atom. The molecular weight excluding hydrogens is 188 g/mol. The van der Waals surface area contributed by atoms with Crippen molar-refractivity contribution in [1.29, 1.82) is 0 Å². The van der Waals surface area contributed by atoms with Crippen LogP contribution in [0.2, 0.25) is 0 Å². The molecule has 1 heterocycles. The van der Waals surface area contributed by atoms with Gasteiger partial charge in [-0.25, -0.2) is 0 Å². The first-order valence-electron chi connectivity index (χ1n) is 5.60. The molecule has 0 spiro atoms. The van der Waals surface area contributed by atoms with Gasteiger partial charge >= 0.3 is 0 Å². The van der Waals surface area contributed by atoms with Crippen LogP contribution >= 0.6 is 0 Å². The Morgan fingerprint density at radius 3 is 2.73 bits per heavy atom. The molecule has 0 saturated heterocycles. The van der Waals surface area contributed by atoms with Gasteiger partial charge < -0.3 is 5.11 Å². The second kappa shape index (κ2) is 4.62. The molecule has 0 atom stereocenters. The molecule has 1 saturated carbocycles. The van der Waals surface area contributed by atoms with Gasteiger partial charge in [-0.3, -0.25) is 9.88 Å². The highest BCUT2D eigenvalue weighted by atomic mass is 16.3. The summed E-state index contributed by atoms with van der Waals surface area (Å²) in [5.41, 5.74) is 1.03. The lowest BCUT2D eigenvalue weighted by molar-refractivity contribution is 0.234. The highest BCUT2D eigenvalue weighted by Gasteiger charge is 2.19. The van der Waals surface area contributed by atoms with Crippen molar-refractivity contribution in [3.63, 3.8) is 0 Å². The number of aromatic nitrogens is 1. The van der Waals surface area contributed by atoms with E-state index >= 15 is 0 Å². The predicted molar refractivity (Wildman–Crippen MR) is 59.6 cm³/mol. The average Bonchev–Trinajstić information content (AvgIpc) is 2.74. The van der Waals surface area contributed by atoms with Crippen LogP contribution in [0.15, 0.2) is 18.3 Å². The number of pyridine rings is 1.